The fourth-order valence-electron chi connectivity index (χ4n) is 5.89. The molecule has 4 heteroatoms. The van der Waals surface area contributed by atoms with Crippen LogP contribution in [0.15, 0.2) is 47.6 Å². The van der Waals surface area contributed by atoms with Gasteiger partial charge in [-0.1, -0.05) is 0 Å². The van der Waals surface area contributed by atoms with Crippen molar-refractivity contribution in [3.8, 4) is 0 Å². The van der Waals surface area contributed by atoms with Crippen molar-refractivity contribution < 1.29 is 47.7 Å². The van der Waals surface area contributed by atoms with E-state index in [1.165, 1.54) is 12.8 Å². The maximum Gasteiger partial charge on any atom is -1.00 e. The normalized spacial score (nSPS) is 23.5. The van der Waals surface area contributed by atoms with E-state index in [9.17, 15) is 0 Å². The van der Waals surface area contributed by atoms with E-state index in [0.29, 0.717) is 5.41 Å². The molecule has 156 valence electrons. The van der Waals surface area contributed by atoms with Gasteiger partial charge in [-0.05, 0) is 0 Å². The van der Waals surface area contributed by atoms with Crippen LogP contribution in [-0.2, 0) is 22.9 Å². The number of allylic oxidation sites excluding steroid dienone is 5. The Kier molecular flexibility index (Phi) is 8.14. The summed E-state index contributed by atoms with van der Waals surface area (Å²) in [4.78, 5) is 0. The molecule has 4 rings (SSSR count). The van der Waals surface area contributed by atoms with Gasteiger partial charge in [-0.3, -0.25) is 0 Å². The predicted molar refractivity (Wildman–Crippen MR) is 117 cm³/mol. The van der Waals surface area contributed by atoms with Crippen molar-refractivity contribution in [2.75, 3.05) is 0 Å². The third-order valence-corrected chi connectivity index (χ3v) is 22.1. The number of fused-ring (bicyclic) bond motifs is 1. The van der Waals surface area contributed by atoms with Crippen LogP contribution in [0, 0.1) is 5.41 Å². The molecule has 1 heterocycles. The van der Waals surface area contributed by atoms with E-state index in [1.54, 1.807) is 46.0 Å². The van der Waals surface area contributed by atoms with Gasteiger partial charge >= 0.3 is 179 Å². The Morgan fingerprint density at radius 1 is 1.03 bits per heavy atom. The first-order valence-corrected chi connectivity index (χ1v) is 17.1. The predicted octanol–water partition coefficient (Wildman–Crippen LogP) is 1.67. The maximum atomic E-state index is 2.67. The molecule has 1 atom stereocenters. The minimum Gasteiger partial charge on any atom is -1.00 e. The fraction of sp³-hybridized carbons (Fsp3) is 0.520. The number of rotatable bonds is 5. The topological polar surface area (TPSA) is 0 Å². The van der Waals surface area contributed by atoms with Crippen LogP contribution in [0.25, 0.3) is 6.08 Å². The molecular formula is C25H34Cl2HfSi. The zero-order valence-electron chi connectivity index (χ0n) is 18.8. The first-order valence-electron chi connectivity index (χ1n) is 10.8. The zero-order valence-corrected chi connectivity index (χ0v) is 24.9. The van der Waals surface area contributed by atoms with E-state index >= 15 is 0 Å². The Morgan fingerprint density at radius 3 is 2.21 bits per heavy atom. The smallest absolute Gasteiger partial charge is 1.00 e. The van der Waals surface area contributed by atoms with Crippen LogP contribution < -0.4 is 24.8 Å². The first kappa shape index (κ1) is 25.4. The molecule has 1 fully saturated rings. The molecule has 0 aromatic heterocycles. The Balaban J connectivity index is 0.00000150. The molecule has 1 saturated heterocycles. The van der Waals surface area contributed by atoms with E-state index in [-0.39, 0.29) is 24.8 Å². The first-order chi connectivity index (χ1) is 12.8. The van der Waals surface area contributed by atoms with Gasteiger partial charge in [-0.2, -0.15) is 0 Å². The molecule has 0 saturated carbocycles. The minimum absolute atomic E-state index is 0. The molecule has 0 nitrogen and oxygen atoms in total. The van der Waals surface area contributed by atoms with Crippen LogP contribution in [0.1, 0.15) is 71.1 Å². The molecule has 0 radical (unpaired) electrons. The van der Waals surface area contributed by atoms with Crippen molar-refractivity contribution in [3.63, 3.8) is 0 Å². The summed E-state index contributed by atoms with van der Waals surface area (Å²) in [5.74, 6) is 0. The fourth-order valence-corrected chi connectivity index (χ4v) is 21.1. The van der Waals surface area contributed by atoms with Crippen molar-refractivity contribution in [2.24, 2.45) is 5.41 Å². The Labute approximate surface area is 202 Å². The van der Waals surface area contributed by atoms with Crippen LogP contribution >= 0.6 is 0 Å². The van der Waals surface area contributed by atoms with Crippen LogP contribution in [0.5, 0.6) is 0 Å². The average molecular weight is 612 g/mol. The maximum absolute atomic E-state index is 2.67. The van der Waals surface area contributed by atoms with E-state index in [0.717, 1.165) is 5.54 Å². The molecule has 2 aliphatic carbocycles. The molecular weight excluding hydrogens is 578 g/mol. The summed E-state index contributed by atoms with van der Waals surface area (Å²) in [6.45, 7) is 14.6. The second kappa shape index (κ2) is 9.31. The van der Waals surface area contributed by atoms with Gasteiger partial charge in [0, 0.05) is 0 Å². The molecule has 1 aliphatic heterocycles. The van der Waals surface area contributed by atoms with Crippen molar-refractivity contribution in [1.29, 1.82) is 0 Å². The second-order valence-corrected chi connectivity index (χ2v) is 19.2. The molecule has 3 aliphatic rings. The van der Waals surface area contributed by atoms with Crippen LogP contribution in [0.3, 0.4) is 0 Å². The van der Waals surface area contributed by atoms with Crippen LogP contribution in [0.4, 0.5) is 0 Å². The van der Waals surface area contributed by atoms with E-state index < -0.39 is 31.0 Å². The monoisotopic (exact) mass is 612 g/mol. The largest absolute Gasteiger partial charge is 1.00 e. The van der Waals surface area contributed by atoms with Gasteiger partial charge in [0.05, 0.1) is 0 Å². The van der Waals surface area contributed by atoms with Crippen molar-refractivity contribution in [1.82, 2.24) is 0 Å². The average Bonchev–Trinajstić information content (AvgIpc) is 3.04. The molecule has 0 amide bonds. The molecule has 29 heavy (non-hydrogen) atoms. The van der Waals surface area contributed by atoms with Crippen LogP contribution in [0.2, 0.25) is 18.1 Å². The van der Waals surface area contributed by atoms with Crippen LogP contribution in [-0.4, -0.2) is 8.07 Å². The van der Waals surface area contributed by atoms with Gasteiger partial charge in [-0.25, -0.2) is 0 Å². The van der Waals surface area contributed by atoms with Gasteiger partial charge in [0.2, 0.25) is 0 Å². The number of benzene rings is 1. The van der Waals surface area contributed by atoms with Crippen molar-refractivity contribution in [3.05, 3.63) is 58.8 Å². The summed E-state index contributed by atoms with van der Waals surface area (Å²) in [5, 5.41) is 0. The summed E-state index contributed by atoms with van der Waals surface area (Å²) in [7, 11) is -1.15. The van der Waals surface area contributed by atoms with Crippen molar-refractivity contribution in [2.45, 2.75) is 78.1 Å². The summed E-state index contributed by atoms with van der Waals surface area (Å²) < 4.78 is 3.82. The Bertz CT molecular complexity index is 875. The number of hydrogen-bond acceptors (Lipinski definition) is 0. The van der Waals surface area contributed by atoms with Gasteiger partial charge < -0.3 is 24.8 Å². The SMILES string of the molecule is CCC[Si]1(C2[C]([Hf+2][C]3=C(C)C(C)=C(C)C3(C)C)=Cc3ccccc32)CCC1.[Cl-].[Cl-]. The minimum atomic E-state index is -1.15. The Morgan fingerprint density at radius 2 is 1.69 bits per heavy atom. The van der Waals surface area contributed by atoms with E-state index in [1.807, 2.05) is 6.66 Å². The molecule has 0 N–H and O–H groups in total. The van der Waals surface area contributed by atoms with E-state index in [2.05, 4.69) is 71.9 Å². The third-order valence-electron chi connectivity index (χ3n) is 7.97. The summed E-state index contributed by atoms with van der Waals surface area (Å²) in [6.07, 6.45) is 5.56. The summed E-state index contributed by atoms with van der Waals surface area (Å²) in [5.41, 5.74) is 9.31. The summed E-state index contributed by atoms with van der Waals surface area (Å²) in [6, 6.07) is 14.1. The second-order valence-electron chi connectivity index (χ2n) is 9.63. The van der Waals surface area contributed by atoms with Gasteiger partial charge in [-0.15, -0.1) is 0 Å². The molecule has 0 bridgehead atoms. The molecule has 1 aromatic rings. The van der Waals surface area contributed by atoms with E-state index in [4.69, 9.17) is 0 Å². The number of halogens is 2. The summed E-state index contributed by atoms with van der Waals surface area (Å²) >= 11 is -1.04. The van der Waals surface area contributed by atoms with Gasteiger partial charge in [0.25, 0.3) is 0 Å². The van der Waals surface area contributed by atoms with Gasteiger partial charge in [0.1, 0.15) is 0 Å². The number of hydrogen-bond donors (Lipinski definition) is 0. The third kappa shape index (κ3) is 4.01. The molecule has 1 unspecified atom stereocenters. The Hall–Kier alpha value is 0.107. The molecule has 1 aromatic carbocycles. The van der Waals surface area contributed by atoms with Gasteiger partial charge in [0.15, 0.2) is 0 Å². The quantitative estimate of drug-likeness (QED) is 0.445. The molecule has 0 spiro atoms. The zero-order chi connectivity index (χ0) is 19.4. The van der Waals surface area contributed by atoms with Crippen molar-refractivity contribution >= 4 is 14.1 Å². The standard InChI is InChI=1S/C15H19Si.C10H15.2ClH.Hf/c1-2-10-16(11-5-12-16)15-9-8-13-6-3-4-7-14(13)15;1-7-6-10(4,5)9(3)8(7)2;;;/h3-4,6-8,15H,2,5,10-12H2,1H3;1-5H3;2*1H;/q;;;;+2/p-2.